The van der Waals surface area contributed by atoms with E-state index in [4.69, 9.17) is 9.47 Å². The van der Waals surface area contributed by atoms with Crippen LogP contribution in [0.15, 0.2) is 18.2 Å². The molecular formula is C17H22N2O4. The van der Waals surface area contributed by atoms with Gasteiger partial charge in [0.1, 0.15) is 5.69 Å². The zero-order chi connectivity index (χ0) is 16.8. The van der Waals surface area contributed by atoms with E-state index in [0.717, 1.165) is 6.42 Å². The third-order valence-corrected chi connectivity index (χ3v) is 5.29. The number of ether oxygens (including phenoxy) is 2. The lowest BCUT2D eigenvalue weighted by Gasteiger charge is -2.54. The molecule has 2 atom stereocenters. The molecule has 1 aromatic rings. The minimum Gasteiger partial charge on any atom is -0.481 e. The average Bonchev–Trinajstić information content (AvgIpc) is 2.89. The van der Waals surface area contributed by atoms with Crippen LogP contribution >= 0.6 is 0 Å². The van der Waals surface area contributed by atoms with Crippen molar-refractivity contribution in [2.75, 3.05) is 27.3 Å². The van der Waals surface area contributed by atoms with Gasteiger partial charge in [0.15, 0.2) is 0 Å². The molecule has 0 unspecified atom stereocenters. The number of methoxy groups -OCH3 is 2. The topological polar surface area (TPSA) is 68.7 Å². The van der Waals surface area contributed by atoms with Crippen LogP contribution in [-0.2, 0) is 9.53 Å². The van der Waals surface area contributed by atoms with Crippen LogP contribution in [-0.4, -0.2) is 49.1 Å². The molecule has 1 amide bonds. The molecule has 6 heteroatoms. The zero-order valence-corrected chi connectivity index (χ0v) is 14.0. The van der Waals surface area contributed by atoms with Gasteiger partial charge in [-0.25, -0.2) is 4.98 Å². The maximum absolute atomic E-state index is 12.8. The number of likely N-dealkylation sites (tertiary alicyclic amines) is 1. The number of aromatic nitrogens is 1. The molecule has 124 valence electrons. The highest BCUT2D eigenvalue weighted by molar-refractivity contribution is 5.94. The van der Waals surface area contributed by atoms with Crippen molar-refractivity contribution in [3.05, 3.63) is 23.9 Å². The Kier molecular flexibility index (Phi) is 3.58. The minimum absolute atomic E-state index is 0.0328. The van der Waals surface area contributed by atoms with Crippen LogP contribution in [0.4, 0.5) is 0 Å². The lowest BCUT2D eigenvalue weighted by atomic mass is 9.48. The Bertz CT molecular complexity index is 658. The first-order chi connectivity index (χ1) is 10.8. The van der Waals surface area contributed by atoms with E-state index in [-0.39, 0.29) is 23.2 Å². The number of carbonyl (C=O) groups is 2. The van der Waals surface area contributed by atoms with Gasteiger partial charge in [-0.1, -0.05) is 19.9 Å². The lowest BCUT2D eigenvalue weighted by molar-refractivity contribution is -0.174. The number of hydrogen-bond donors (Lipinski definition) is 0. The SMILES string of the molecule is COC(=O)[C@@]12CN(C(=O)c3cccc(OC)n3)C[C@@H]1C(C)(C)C2. The van der Waals surface area contributed by atoms with Crippen LogP contribution in [0.3, 0.4) is 0 Å². The number of rotatable bonds is 3. The molecule has 2 fully saturated rings. The van der Waals surface area contributed by atoms with Gasteiger partial charge in [0, 0.05) is 19.2 Å². The fourth-order valence-corrected chi connectivity index (χ4v) is 4.34. The van der Waals surface area contributed by atoms with E-state index in [9.17, 15) is 9.59 Å². The molecule has 1 saturated carbocycles. The molecule has 0 aromatic carbocycles. The van der Waals surface area contributed by atoms with Crippen LogP contribution in [0.2, 0.25) is 0 Å². The van der Waals surface area contributed by atoms with Crippen LogP contribution in [0.5, 0.6) is 5.88 Å². The van der Waals surface area contributed by atoms with Crippen molar-refractivity contribution in [3.8, 4) is 5.88 Å². The summed E-state index contributed by atoms with van der Waals surface area (Å²) in [5.74, 6) is 0.145. The summed E-state index contributed by atoms with van der Waals surface area (Å²) < 4.78 is 10.1. The molecule has 1 aliphatic heterocycles. The highest BCUT2D eigenvalue weighted by Crippen LogP contribution is 2.63. The van der Waals surface area contributed by atoms with Gasteiger partial charge in [0.25, 0.3) is 5.91 Å². The lowest BCUT2D eigenvalue weighted by Crippen LogP contribution is -2.57. The van der Waals surface area contributed by atoms with Crippen molar-refractivity contribution in [2.24, 2.45) is 16.7 Å². The van der Waals surface area contributed by atoms with Gasteiger partial charge in [0.2, 0.25) is 5.88 Å². The van der Waals surface area contributed by atoms with Gasteiger partial charge in [-0.2, -0.15) is 0 Å². The molecule has 3 rings (SSSR count). The standard InChI is InChI=1S/C17H22N2O4/c1-16(2)9-17(15(21)23-4)10-19(8-12(16)17)14(20)11-6-5-7-13(18-11)22-3/h5-7,12H,8-10H2,1-4H3/t12-,17+/m1/s1. The van der Waals surface area contributed by atoms with Crippen LogP contribution in [0.1, 0.15) is 30.8 Å². The predicted molar refractivity (Wildman–Crippen MR) is 83.0 cm³/mol. The van der Waals surface area contributed by atoms with E-state index in [1.165, 1.54) is 14.2 Å². The zero-order valence-electron chi connectivity index (χ0n) is 14.0. The second-order valence-electron chi connectivity index (χ2n) is 7.12. The number of nitrogens with zero attached hydrogens (tertiary/aromatic N) is 2. The largest absolute Gasteiger partial charge is 0.481 e. The first-order valence-electron chi connectivity index (χ1n) is 7.73. The molecule has 0 N–H and O–H groups in total. The Balaban J connectivity index is 1.85. The first kappa shape index (κ1) is 15.8. The van der Waals surface area contributed by atoms with Gasteiger partial charge in [-0.3, -0.25) is 9.59 Å². The van der Waals surface area contributed by atoms with E-state index >= 15 is 0 Å². The van der Waals surface area contributed by atoms with Crippen molar-refractivity contribution in [1.29, 1.82) is 0 Å². The summed E-state index contributed by atoms with van der Waals surface area (Å²) in [5.41, 5.74) is -0.193. The van der Waals surface area contributed by atoms with Gasteiger partial charge >= 0.3 is 5.97 Å². The summed E-state index contributed by atoms with van der Waals surface area (Å²) in [5, 5.41) is 0. The number of esters is 1. The summed E-state index contributed by atoms with van der Waals surface area (Å²) >= 11 is 0. The highest BCUT2D eigenvalue weighted by atomic mass is 16.5. The number of carbonyl (C=O) groups excluding carboxylic acids is 2. The Morgan fingerprint density at radius 1 is 1.30 bits per heavy atom. The van der Waals surface area contributed by atoms with E-state index in [2.05, 4.69) is 18.8 Å². The molecule has 0 spiro atoms. The quantitative estimate of drug-likeness (QED) is 0.794. The van der Waals surface area contributed by atoms with Crippen LogP contribution < -0.4 is 4.74 Å². The summed E-state index contributed by atoms with van der Waals surface area (Å²) in [6.45, 7) is 5.22. The Morgan fingerprint density at radius 3 is 2.65 bits per heavy atom. The monoisotopic (exact) mass is 318 g/mol. The second kappa shape index (κ2) is 5.22. The minimum atomic E-state index is -0.563. The van der Waals surface area contributed by atoms with Crippen molar-refractivity contribution >= 4 is 11.9 Å². The molecular weight excluding hydrogens is 296 g/mol. The van der Waals surface area contributed by atoms with Gasteiger partial charge < -0.3 is 14.4 Å². The first-order valence-corrected chi connectivity index (χ1v) is 7.73. The van der Waals surface area contributed by atoms with E-state index in [1.807, 2.05) is 0 Å². The highest BCUT2D eigenvalue weighted by Gasteiger charge is 2.68. The molecule has 2 aliphatic rings. The van der Waals surface area contributed by atoms with E-state index in [0.29, 0.717) is 24.7 Å². The van der Waals surface area contributed by atoms with Gasteiger partial charge in [-0.05, 0) is 23.8 Å². The normalized spacial score (nSPS) is 27.8. The summed E-state index contributed by atoms with van der Waals surface area (Å²) in [7, 11) is 2.93. The molecule has 1 aromatic heterocycles. The number of pyridine rings is 1. The second-order valence-corrected chi connectivity index (χ2v) is 7.12. The Hall–Kier alpha value is -2.11. The maximum Gasteiger partial charge on any atom is 0.314 e. The summed E-state index contributed by atoms with van der Waals surface area (Å²) in [6, 6.07) is 5.11. The smallest absolute Gasteiger partial charge is 0.314 e. The maximum atomic E-state index is 12.8. The van der Waals surface area contributed by atoms with Crippen molar-refractivity contribution in [3.63, 3.8) is 0 Å². The third kappa shape index (κ3) is 2.28. The molecule has 23 heavy (non-hydrogen) atoms. The average molecular weight is 318 g/mol. The van der Waals surface area contributed by atoms with Crippen molar-refractivity contribution < 1.29 is 19.1 Å². The number of amides is 1. The molecule has 6 nitrogen and oxygen atoms in total. The van der Waals surface area contributed by atoms with Crippen LogP contribution in [0.25, 0.3) is 0 Å². The Morgan fingerprint density at radius 2 is 2.04 bits per heavy atom. The molecule has 0 radical (unpaired) electrons. The van der Waals surface area contributed by atoms with E-state index < -0.39 is 5.41 Å². The summed E-state index contributed by atoms with van der Waals surface area (Å²) in [4.78, 5) is 31.0. The summed E-state index contributed by atoms with van der Waals surface area (Å²) in [6.07, 6.45) is 0.743. The molecule has 2 heterocycles. The van der Waals surface area contributed by atoms with Gasteiger partial charge in [0.05, 0.1) is 19.6 Å². The fourth-order valence-electron chi connectivity index (χ4n) is 4.34. The number of hydrogen-bond acceptors (Lipinski definition) is 5. The molecule has 1 aliphatic carbocycles. The van der Waals surface area contributed by atoms with Gasteiger partial charge in [-0.15, -0.1) is 0 Å². The van der Waals surface area contributed by atoms with E-state index in [1.54, 1.807) is 23.1 Å². The molecule has 1 saturated heterocycles. The third-order valence-electron chi connectivity index (χ3n) is 5.29. The van der Waals surface area contributed by atoms with Crippen molar-refractivity contribution in [2.45, 2.75) is 20.3 Å². The van der Waals surface area contributed by atoms with Crippen LogP contribution in [0, 0.1) is 16.7 Å². The molecule has 0 bridgehead atoms. The predicted octanol–water partition coefficient (Wildman–Crippen LogP) is 1.75. The Labute approximate surface area is 135 Å². The number of fused-ring (bicyclic) bond motifs is 1. The van der Waals surface area contributed by atoms with Crippen molar-refractivity contribution in [1.82, 2.24) is 9.88 Å². The fraction of sp³-hybridized carbons (Fsp3) is 0.588.